The van der Waals surface area contributed by atoms with Crippen molar-refractivity contribution in [2.24, 2.45) is 0 Å². The van der Waals surface area contributed by atoms with Crippen molar-refractivity contribution < 1.29 is 52.8 Å². The summed E-state index contributed by atoms with van der Waals surface area (Å²) >= 11 is 0. The lowest BCUT2D eigenvalue weighted by molar-refractivity contribution is -0.133. The second-order valence-corrected chi connectivity index (χ2v) is 17.7. The molecule has 4 amide bonds. The molecule has 0 aliphatic carbocycles. The van der Waals surface area contributed by atoms with Crippen molar-refractivity contribution in [2.75, 3.05) is 63.4 Å². The Morgan fingerprint density at radius 2 is 1.30 bits per heavy atom. The van der Waals surface area contributed by atoms with Crippen molar-refractivity contribution in [2.45, 2.75) is 130 Å². The van der Waals surface area contributed by atoms with Crippen LogP contribution in [-0.2, 0) is 23.8 Å². The Balaban J connectivity index is 0.000000305. The number of carboxylic acid groups (broad SMARTS) is 1. The molecule has 0 saturated carbocycles. The van der Waals surface area contributed by atoms with E-state index in [0.717, 1.165) is 38.5 Å². The molecule has 1 N–H and O–H groups in total. The minimum atomic E-state index is -1.03. The third-order valence-electron chi connectivity index (χ3n) is 10.4. The number of carbonyl (C=O) groups is 5. The number of aromatic carboxylic acids is 1. The molecule has 0 radical (unpaired) electrons. The summed E-state index contributed by atoms with van der Waals surface area (Å²) in [5.74, 6) is -0.341. The average molecular weight is 839 g/mol. The molecule has 3 heterocycles. The van der Waals surface area contributed by atoms with Gasteiger partial charge in [0.25, 0.3) is 17.7 Å². The smallest absolute Gasteiger partial charge is 0.410 e. The van der Waals surface area contributed by atoms with E-state index in [1.807, 2.05) is 39.5 Å². The number of carbonyl (C=O) groups excluding carboxylic acids is 4. The summed E-state index contributed by atoms with van der Waals surface area (Å²) in [7, 11) is 3.30. The number of ether oxygens (including phenoxy) is 5. The summed E-state index contributed by atoms with van der Waals surface area (Å²) in [6.45, 7) is 19.8. The second-order valence-electron chi connectivity index (χ2n) is 17.7. The lowest BCUT2D eigenvalue weighted by atomic mass is 9.99. The highest BCUT2D eigenvalue weighted by molar-refractivity contribution is 6.05. The van der Waals surface area contributed by atoms with Crippen molar-refractivity contribution in [1.82, 2.24) is 9.80 Å². The Morgan fingerprint density at radius 3 is 1.75 bits per heavy atom. The SMILES string of the molecule is COCCCCN1C(=O)C(C)(C)Oc2ccc(C(=O)N(C(C)C)[C@@H]3CCCN(C(=O)OC(C)(C)C)C3)cc21.COCCCCN1C(=O)C(C)(C)Oc2ccc(C(=O)O)cc21. The Hall–Kier alpha value is -4.89. The number of amides is 4. The van der Waals surface area contributed by atoms with Crippen LogP contribution in [0.1, 0.15) is 122 Å². The maximum Gasteiger partial charge on any atom is 0.410 e. The van der Waals surface area contributed by atoms with Gasteiger partial charge in [0.15, 0.2) is 11.2 Å². The maximum absolute atomic E-state index is 13.9. The van der Waals surface area contributed by atoms with E-state index in [4.69, 9.17) is 28.8 Å². The Labute approximate surface area is 355 Å². The number of piperidine rings is 1. The van der Waals surface area contributed by atoms with Crippen LogP contribution >= 0.6 is 0 Å². The minimum absolute atomic E-state index is 0.0796. The third-order valence-corrected chi connectivity index (χ3v) is 10.4. The van der Waals surface area contributed by atoms with Gasteiger partial charge in [-0.15, -0.1) is 0 Å². The van der Waals surface area contributed by atoms with Crippen molar-refractivity contribution in [3.8, 4) is 11.5 Å². The molecule has 3 aliphatic rings. The molecule has 3 aliphatic heterocycles. The first-order valence-electron chi connectivity index (χ1n) is 20.9. The number of benzene rings is 2. The van der Waals surface area contributed by atoms with Gasteiger partial charge < -0.3 is 48.4 Å². The highest BCUT2D eigenvalue weighted by Crippen LogP contribution is 2.40. The predicted octanol–water partition coefficient (Wildman–Crippen LogP) is 7.18. The molecule has 0 bridgehead atoms. The molecule has 15 heteroatoms. The standard InChI is InChI=1S/C29H45N3O6.C16H21NO5/c1-20(2)32(22-12-11-15-30(19-22)27(35)38-28(3,4)5)25(33)21-13-14-24-23(18-21)31(16-9-10-17-36-8)26(34)29(6,7)37-24;1-16(2)15(20)17(8-4-5-9-21-3)12-10-11(14(18)19)6-7-13(12)22-16/h13-14,18,20,22H,9-12,15-17,19H2,1-8H3;6-7,10H,4-5,8-9H2,1-3H3,(H,18,19)/t22-;/m1./s1. The maximum atomic E-state index is 13.9. The predicted molar refractivity (Wildman–Crippen MR) is 228 cm³/mol. The summed E-state index contributed by atoms with van der Waals surface area (Å²) in [5, 5.41) is 9.13. The zero-order valence-electron chi connectivity index (χ0n) is 37.4. The summed E-state index contributed by atoms with van der Waals surface area (Å²) in [6, 6.07) is 9.67. The molecule has 15 nitrogen and oxygen atoms in total. The van der Waals surface area contributed by atoms with Crippen LogP contribution in [0.25, 0.3) is 0 Å². The molecule has 60 heavy (non-hydrogen) atoms. The fourth-order valence-electron chi connectivity index (χ4n) is 7.52. The molecule has 332 valence electrons. The molecule has 2 aromatic rings. The van der Waals surface area contributed by atoms with E-state index in [0.29, 0.717) is 67.8 Å². The molecule has 0 aromatic heterocycles. The minimum Gasteiger partial charge on any atom is -0.478 e. The molecule has 1 atom stereocenters. The van der Waals surface area contributed by atoms with Crippen molar-refractivity contribution >= 4 is 41.2 Å². The van der Waals surface area contributed by atoms with Gasteiger partial charge in [-0.05, 0) is 137 Å². The van der Waals surface area contributed by atoms with Crippen molar-refractivity contribution in [3.05, 3.63) is 47.5 Å². The van der Waals surface area contributed by atoms with Gasteiger partial charge in [-0.1, -0.05) is 0 Å². The Bertz CT molecular complexity index is 1850. The van der Waals surface area contributed by atoms with E-state index in [9.17, 15) is 24.0 Å². The van der Waals surface area contributed by atoms with Crippen LogP contribution < -0.4 is 19.3 Å². The first-order chi connectivity index (χ1) is 28.1. The van der Waals surface area contributed by atoms with E-state index < -0.39 is 22.8 Å². The highest BCUT2D eigenvalue weighted by Gasteiger charge is 2.43. The summed E-state index contributed by atoms with van der Waals surface area (Å²) < 4.78 is 27.5. The molecule has 0 unspecified atom stereocenters. The second kappa shape index (κ2) is 20.1. The topological polar surface area (TPSA) is 165 Å². The first kappa shape index (κ1) is 47.8. The summed E-state index contributed by atoms with van der Waals surface area (Å²) in [4.78, 5) is 70.5. The van der Waals surface area contributed by atoms with Gasteiger partial charge in [-0.3, -0.25) is 14.4 Å². The number of likely N-dealkylation sites (tertiary alicyclic amines) is 1. The number of nitrogens with zero attached hydrogens (tertiary/aromatic N) is 4. The van der Waals surface area contributed by atoms with Crippen LogP contribution in [0, 0.1) is 0 Å². The fraction of sp³-hybridized carbons (Fsp3) is 0.622. The number of methoxy groups -OCH3 is 2. The van der Waals surface area contributed by atoms with Gasteiger partial charge in [-0.2, -0.15) is 0 Å². The van der Waals surface area contributed by atoms with Crippen molar-refractivity contribution in [3.63, 3.8) is 0 Å². The Kier molecular flexibility index (Phi) is 16.0. The molecule has 1 saturated heterocycles. The van der Waals surface area contributed by atoms with Crippen LogP contribution in [0.5, 0.6) is 11.5 Å². The zero-order valence-corrected chi connectivity index (χ0v) is 37.4. The number of anilines is 2. The number of hydrogen-bond donors (Lipinski definition) is 1. The van der Waals surface area contributed by atoms with E-state index >= 15 is 0 Å². The summed E-state index contributed by atoms with van der Waals surface area (Å²) in [6.07, 6.45) is 4.43. The van der Waals surface area contributed by atoms with Crippen LogP contribution in [0.4, 0.5) is 16.2 Å². The van der Waals surface area contributed by atoms with E-state index in [1.165, 1.54) is 12.1 Å². The van der Waals surface area contributed by atoms with Crippen LogP contribution in [0.2, 0.25) is 0 Å². The molecule has 1 fully saturated rings. The van der Waals surface area contributed by atoms with E-state index in [2.05, 4.69) is 0 Å². The number of unbranched alkanes of at least 4 members (excludes halogenated alkanes) is 2. The molecule has 2 aromatic carbocycles. The largest absolute Gasteiger partial charge is 0.478 e. The molecule has 5 rings (SSSR count). The van der Waals surface area contributed by atoms with Gasteiger partial charge >= 0.3 is 12.1 Å². The van der Waals surface area contributed by atoms with Gasteiger partial charge in [0.2, 0.25) is 0 Å². The monoisotopic (exact) mass is 838 g/mol. The molecular formula is C45H66N4O11. The quantitative estimate of drug-likeness (QED) is 0.192. The molecule has 0 spiro atoms. The molecular weight excluding hydrogens is 773 g/mol. The first-order valence-corrected chi connectivity index (χ1v) is 20.9. The summed E-state index contributed by atoms with van der Waals surface area (Å²) in [5.41, 5.74) is -0.774. The van der Waals surface area contributed by atoms with Crippen molar-refractivity contribution in [1.29, 1.82) is 0 Å². The number of rotatable bonds is 14. The lowest BCUT2D eigenvalue weighted by Gasteiger charge is -2.42. The Morgan fingerprint density at radius 1 is 0.817 bits per heavy atom. The highest BCUT2D eigenvalue weighted by atomic mass is 16.6. The van der Waals surface area contributed by atoms with Crippen LogP contribution in [-0.4, -0.2) is 127 Å². The van der Waals surface area contributed by atoms with Crippen LogP contribution in [0.15, 0.2) is 36.4 Å². The number of hydrogen-bond acceptors (Lipinski definition) is 10. The van der Waals surface area contributed by atoms with Crippen LogP contribution in [0.3, 0.4) is 0 Å². The van der Waals surface area contributed by atoms with Gasteiger partial charge in [0.05, 0.1) is 23.0 Å². The number of fused-ring (bicyclic) bond motifs is 2. The normalized spacial score (nSPS) is 18.1. The lowest BCUT2D eigenvalue weighted by Crippen LogP contribution is -2.54. The van der Waals surface area contributed by atoms with E-state index in [-0.39, 0.29) is 41.5 Å². The van der Waals surface area contributed by atoms with Gasteiger partial charge in [0.1, 0.15) is 17.1 Å². The average Bonchev–Trinajstić information content (AvgIpc) is 3.17. The van der Waals surface area contributed by atoms with Gasteiger partial charge in [0, 0.05) is 65.2 Å². The fourth-order valence-corrected chi connectivity index (χ4v) is 7.52. The zero-order chi connectivity index (χ0) is 44.6. The van der Waals surface area contributed by atoms with E-state index in [1.54, 1.807) is 80.9 Å². The number of carboxylic acids is 1. The third kappa shape index (κ3) is 11.9. The van der Waals surface area contributed by atoms with Gasteiger partial charge in [-0.25, -0.2) is 9.59 Å².